The van der Waals surface area contributed by atoms with Gasteiger partial charge in [0.25, 0.3) is 0 Å². The number of nitrogens with zero attached hydrogens (tertiary/aromatic N) is 1. The van der Waals surface area contributed by atoms with Crippen molar-refractivity contribution in [1.29, 1.82) is 0 Å². The maximum Gasteiger partial charge on any atom is 0.191 e. The normalized spacial score (nSPS) is 17.6. The van der Waals surface area contributed by atoms with Gasteiger partial charge in [-0.3, -0.25) is 4.99 Å². The first-order chi connectivity index (χ1) is 14.4. The van der Waals surface area contributed by atoms with E-state index in [1.807, 2.05) is 26.8 Å². The fourth-order valence-electron chi connectivity index (χ4n) is 4.06. The Kier molecular flexibility index (Phi) is 10.1. The number of guanidine groups is 1. The smallest absolute Gasteiger partial charge is 0.191 e. The minimum Gasteiger partial charge on any atom is -0.382 e. The Morgan fingerprint density at radius 1 is 1.17 bits per heavy atom. The highest BCUT2D eigenvalue weighted by atomic mass is 32.2. The van der Waals surface area contributed by atoms with Crippen LogP contribution in [0.25, 0.3) is 0 Å². The quantitative estimate of drug-likeness (QED) is 0.295. The first-order valence-electron chi connectivity index (χ1n) is 11.3. The third-order valence-electron chi connectivity index (χ3n) is 5.92. The highest BCUT2D eigenvalue weighted by Crippen LogP contribution is 2.41. The summed E-state index contributed by atoms with van der Waals surface area (Å²) >= 11 is 0. The van der Waals surface area contributed by atoms with Crippen LogP contribution < -0.4 is 10.6 Å². The second-order valence-electron chi connectivity index (χ2n) is 8.19. The van der Waals surface area contributed by atoms with Crippen molar-refractivity contribution >= 4 is 15.8 Å². The van der Waals surface area contributed by atoms with Gasteiger partial charge in [-0.15, -0.1) is 0 Å². The van der Waals surface area contributed by atoms with Gasteiger partial charge in [0, 0.05) is 32.3 Å². The fourth-order valence-corrected chi connectivity index (χ4v) is 5.67. The topological polar surface area (TPSA) is 79.8 Å². The minimum absolute atomic E-state index is 0.0490. The van der Waals surface area contributed by atoms with Gasteiger partial charge in [-0.05, 0) is 57.1 Å². The van der Waals surface area contributed by atoms with E-state index in [1.165, 1.54) is 25.7 Å². The molecule has 170 valence electrons. The molecule has 1 fully saturated rings. The van der Waals surface area contributed by atoms with Gasteiger partial charge < -0.3 is 15.4 Å². The number of nitrogens with one attached hydrogen (secondary N) is 2. The molecule has 0 spiro atoms. The standard InChI is InChI=1S/C23H39N3O3S/c1-4-20(18-30(27,28)21-12-8-7-9-13-21)26-22(24-5-2)25-19-23(14-10-11-15-23)16-17-29-6-3/h7-9,12-13,20H,4-6,10-11,14-19H2,1-3H3,(H2,24,25,26). The van der Waals surface area contributed by atoms with Crippen molar-refractivity contribution in [3.63, 3.8) is 0 Å². The van der Waals surface area contributed by atoms with Crippen LogP contribution >= 0.6 is 0 Å². The van der Waals surface area contributed by atoms with E-state index in [0.717, 1.165) is 32.7 Å². The predicted octanol–water partition coefficient (Wildman–Crippen LogP) is 3.78. The van der Waals surface area contributed by atoms with E-state index in [2.05, 4.69) is 10.6 Å². The summed E-state index contributed by atoms with van der Waals surface area (Å²) in [6.07, 6.45) is 6.59. The monoisotopic (exact) mass is 437 g/mol. The summed E-state index contributed by atoms with van der Waals surface area (Å²) in [7, 11) is -3.35. The lowest BCUT2D eigenvalue weighted by Gasteiger charge is -2.28. The van der Waals surface area contributed by atoms with E-state index in [1.54, 1.807) is 24.3 Å². The van der Waals surface area contributed by atoms with Crippen LogP contribution in [0.3, 0.4) is 0 Å². The highest BCUT2D eigenvalue weighted by Gasteiger charge is 2.33. The van der Waals surface area contributed by atoms with E-state index in [9.17, 15) is 8.42 Å². The summed E-state index contributed by atoms with van der Waals surface area (Å²) in [6.45, 7) is 9.07. The average Bonchev–Trinajstić information content (AvgIpc) is 3.21. The summed E-state index contributed by atoms with van der Waals surface area (Å²) in [5, 5.41) is 6.66. The minimum atomic E-state index is -3.35. The second-order valence-corrected chi connectivity index (χ2v) is 10.2. The summed E-state index contributed by atoms with van der Waals surface area (Å²) in [6, 6.07) is 8.46. The van der Waals surface area contributed by atoms with Gasteiger partial charge in [0.15, 0.2) is 15.8 Å². The first kappa shape index (κ1) is 24.7. The van der Waals surface area contributed by atoms with E-state index >= 15 is 0 Å². The Balaban J connectivity index is 2.06. The summed E-state index contributed by atoms with van der Waals surface area (Å²) < 4.78 is 31.2. The molecule has 0 saturated heterocycles. The molecule has 0 heterocycles. The van der Waals surface area contributed by atoms with Crippen LogP contribution in [0.5, 0.6) is 0 Å². The van der Waals surface area contributed by atoms with Gasteiger partial charge in [0.1, 0.15) is 0 Å². The number of sulfone groups is 1. The molecule has 1 atom stereocenters. The highest BCUT2D eigenvalue weighted by molar-refractivity contribution is 7.91. The van der Waals surface area contributed by atoms with Crippen LogP contribution in [0.2, 0.25) is 0 Å². The van der Waals surface area contributed by atoms with Gasteiger partial charge in [-0.1, -0.05) is 38.0 Å². The molecular formula is C23H39N3O3S. The maximum atomic E-state index is 12.8. The first-order valence-corrected chi connectivity index (χ1v) is 13.0. The van der Waals surface area contributed by atoms with Crippen LogP contribution in [0.4, 0.5) is 0 Å². The lowest BCUT2D eigenvalue weighted by molar-refractivity contribution is 0.107. The van der Waals surface area contributed by atoms with E-state index in [0.29, 0.717) is 17.3 Å². The van der Waals surface area contributed by atoms with Crippen molar-refractivity contribution < 1.29 is 13.2 Å². The molecule has 0 aliphatic heterocycles. The van der Waals surface area contributed by atoms with E-state index in [4.69, 9.17) is 9.73 Å². The van der Waals surface area contributed by atoms with Crippen LogP contribution in [0.15, 0.2) is 40.2 Å². The molecule has 30 heavy (non-hydrogen) atoms. The number of rotatable bonds is 12. The molecule has 2 rings (SSSR count). The zero-order valence-electron chi connectivity index (χ0n) is 18.8. The maximum absolute atomic E-state index is 12.8. The Labute approximate surface area is 182 Å². The number of aliphatic imine (C=N–C) groups is 1. The van der Waals surface area contributed by atoms with Crippen molar-refractivity contribution in [1.82, 2.24) is 10.6 Å². The van der Waals surface area contributed by atoms with Crippen LogP contribution in [-0.4, -0.2) is 52.5 Å². The number of hydrogen-bond donors (Lipinski definition) is 2. The van der Waals surface area contributed by atoms with Crippen LogP contribution in [0.1, 0.15) is 59.3 Å². The molecule has 1 aromatic rings. The Hall–Kier alpha value is -1.60. The molecule has 1 aromatic carbocycles. The molecule has 1 aliphatic carbocycles. The largest absolute Gasteiger partial charge is 0.382 e. The predicted molar refractivity (Wildman–Crippen MR) is 124 cm³/mol. The zero-order chi connectivity index (χ0) is 21.9. The number of ether oxygens (including phenoxy) is 1. The van der Waals surface area contributed by atoms with Crippen molar-refractivity contribution in [3.05, 3.63) is 30.3 Å². The van der Waals surface area contributed by atoms with Crippen LogP contribution in [-0.2, 0) is 14.6 Å². The molecule has 1 saturated carbocycles. The third-order valence-corrected chi connectivity index (χ3v) is 7.75. The van der Waals surface area contributed by atoms with Gasteiger partial charge >= 0.3 is 0 Å². The zero-order valence-corrected chi connectivity index (χ0v) is 19.6. The lowest BCUT2D eigenvalue weighted by Crippen LogP contribution is -2.46. The Morgan fingerprint density at radius 2 is 1.87 bits per heavy atom. The van der Waals surface area contributed by atoms with Crippen LogP contribution in [0, 0.1) is 5.41 Å². The molecule has 0 amide bonds. The Bertz CT molecular complexity index is 744. The second kappa shape index (κ2) is 12.3. The van der Waals surface area contributed by atoms with E-state index < -0.39 is 9.84 Å². The van der Waals surface area contributed by atoms with Crippen molar-refractivity contribution in [2.24, 2.45) is 10.4 Å². The Morgan fingerprint density at radius 3 is 2.47 bits per heavy atom. The molecular weight excluding hydrogens is 398 g/mol. The fraction of sp³-hybridized carbons (Fsp3) is 0.696. The SMILES string of the molecule is CCNC(=NCC1(CCOCC)CCCC1)NC(CC)CS(=O)(=O)c1ccccc1. The number of benzene rings is 1. The molecule has 0 radical (unpaired) electrons. The summed E-state index contributed by atoms with van der Waals surface area (Å²) in [5.74, 6) is 0.753. The average molecular weight is 438 g/mol. The summed E-state index contributed by atoms with van der Waals surface area (Å²) in [5.41, 5.74) is 0.204. The molecule has 0 aromatic heterocycles. The third kappa shape index (κ3) is 7.58. The van der Waals surface area contributed by atoms with Crippen molar-refractivity contribution in [2.75, 3.05) is 32.1 Å². The number of hydrogen-bond acceptors (Lipinski definition) is 4. The molecule has 6 nitrogen and oxygen atoms in total. The van der Waals surface area contributed by atoms with Gasteiger partial charge in [0.2, 0.25) is 0 Å². The van der Waals surface area contributed by atoms with Gasteiger partial charge in [-0.25, -0.2) is 8.42 Å². The van der Waals surface area contributed by atoms with Gasteiger partial charge in [-0.2, -0.15) is 0 Å². The molecule has 0 bridgehead atoms. The van der Waals surface area contributed by atoms with Gasteiger partial charge in [0.05, 0.1) is 10.6 Å². The molecule has 2 N–H and O–H groups in total. The van der Waals surface area contributed by atoms with Crippen molar-refractivity contribution in [2.45, 2.75) is 70.2 Å². The van der Waals surface area contributed by atoms with E-state index in [-0.39, 0.29) is 17.2 Å². The summed E-state index contributed by atoms with van der Waals surface area (Å²) in [4.78, 5) is 5.25. The molecule has 1 unspecified atom stereocenters. The lowest BCUT2D eigenvalue weighted by atomic mass is 9.83. The van der Waals surface area contributed by atoms with Crippen molar-refractivity contribution in [3.8, 4) is 0 Å². The molecule has 1 aliphatic rings. The molecule has 7 heteroatoms.